The number of carbonyl (C=O) groups excluding carboxylic acids is 1. The predicted molar refractivity (Wildman–Crippen MR) is 61.3 cm³/mol. The van der Waals surface area contributed by atoms with Gasteiger partial charge in [-0.05, 0) is 31.5 Å². The van der Waals surface area contributed by atoms with Gasteiger partial charge in [-0.1, -0.05) is 6.07 Å². The molecule has 0 saturated heterocycles. The molecule has 0 atom stereocenters. The van der Waals surface area contributed by atoms with Gasteiger partial charge in [-0.2, -0.15) is 13.2 Å². The Morgan fingerprint density at radius 2 is 1.83 bits per heavy atom. The molecule has 0 aromatic heterocycles. The highest BCUT2D eigenvalue weighted by atomic mass is 19.4. The Hall–Kier alpha value is -1.72. The molecular formula is C12H14F3NO2. The Kier molecular flexibility index (Phi) is 3.59. The normalized spacial score (nSPS) is 12.3. The summed E-state index contributed by atoms with van der Waals surface area (Å²) < 4.78 is 43.1. The van der Waals surface area contributed by atoms with E-state index in [1.54, 1.807) is 0 Å². The van der Waals surface area contributed by atoms with E-state index in [2.05, 4.69) is 4.74 Å². The van der Waals surface area contributed by atoms with Gasteiger partial charge in [-0.15, -0.1) is 0 Å². The molecule has 18 heavy (non-hydrogen) atoms. The van der Waals surface area contributed by atoms with Crippen molar-refractivity contribution in [2.75, 3.05) is 12.8 Å². The van der Waals surface area contributed by atoms with Gasteiger partial charge in [0.15, 0.2) is 0 Å². The molecule has 0 fully saturated rings. The van der Waals surface area contributed by atoms with E-state index in [0.717, 1.165) is 27.0 Å². The van der Waals surface area contributed by atoms with Crippen LogP contribution in [0.25, 0.3) is 0 Å². The third-order valence-corrected chi connectivity index (χ3v) is 2.89. The van der Waals surface area contributed by atoms with Crippen molar-refractivity contribution in [3.05, 3.63) is 29.3 Å². The van der Waals surface area contributed by atoms with Crippen LogP contribution in [0.2, 0.25) is 0 Å². The van der Waals surface area contributed by atoms with E-state index in [9.17, 15) is 18.0 Å². The van der Waals surface area contributed by atoms with Crippen LogP contribution in [0, 0.1) is 0 Å². The van der Waals surface area contributed by atoms with Crippen LogP contribution >= 0.6 is 0 Å². The molecule has 0 saturated carbocycles. The van der Waals surface area contributed by atoms with Gasteiger partial charge >= 0.3 is 12.1 Å². The number of hydrogen-bond donors (Lipinski definition) is 1. The molecule has 0 unspecified atom stereocenters. The minimum Gasteiger partial charge on any atom is -0.465 e. The minimum absolute atomic E-state index is 0.0374. The van der Waals surface area contributed by atoms with Crippen molar-refractivity contribution in [2.24, 2.45) is 0 Å². The maximum absolute atomic E-state index is 12.9. The number of methoxy groups -OCH3 is 1. The Labute approximate surface area is 103 Å². The number of hydrogen-bond acceptors (Lipinski definition) is 3. The van der Waals surface area contributed by atoms with Crippen LogP contribution < -0.4 is 5.73 Å². The first-order valence-electron chi connectivity index (χ1n) is 5.16. The first-order valence-corrected chi connectivity index (χ1v) is 5.16. The molecule has 0 aliphatic rings. The zero-order valence-electron chi connectivity index (χ0n) is 10.3. The van der Waals surface area contributed by atoms with Gasteiger partial charge in [-0.3, -0.25) is 0 Å². The van der Waals surface area contributed by atoms with Gasteiger partial charge < -0.3 is 10.5 Å². The third kappa shape index (κ3) is 2.42. The fourth-order valence-electron chi connectivity index (χ4n) is 1.40. The van der Waals surface area contributed by atoms with Crippen molar-refractivity contribution < 1.29 is 22.7 Å². The molecule has 1 rings (SSSR count). The quantitative estimate of drug-likeness (QED) is 0.657. The van der Waals surface area contributed by atoms with Crippen LogP contribution in [0.15, 0.2) is 18.2 Å². The smallest absolute Gasteiger partial charge is 0.397 e. The van der Waals surface area contributed by atoms with Gasteiger partial charge in [0.05, 0.1) is 18.1 Å². The molecule has 0 heterocycles. The molecule has 3 nitrogen and oxygen atoms in total. The van der Waals surface area contributed by atoms with Gasteiger partial charge in [-0.25, -0.2) is 4.79 Å². The second kappa shape index (κ2) is 4.51. The van der Waals surface area contributed by atoms with Crippen LogP contribution in [0.3, 0.4) is 0 Å². The molecule has 2 N–H and O–H groups in total. The second-order valence-corrected chi connectivity index (χ2v) is 4.42. The highest BCUT2D eigenvalue weighted by Gasteiger charge is 2.48. The molecule has 100 valence electrons. The summed E-state index contributed by atoms with van der Waals surface area (Å²) in [6.07, 6.45) is -4.42. The summed E-state index contributed by atoms with van der Waals surface area (Å²) in [4.78, 5) is 11.4. The molecule has 0 spiro atoms. The zero-order chi connectivity index (χ0) is 14.1. The first-order chi connectivity index (χ1) is 8.11. The SMILES string of the molecule is COC(=O)c1cc(C(C)(C)C(F)(F)F)ccc1N. The second-order valence-electron chi connectivity index (χ2n) is 4.42. The van der Waals surface area contributed by atoms with Gasteiger partial charge in [0.25, 0.3) is 0 Å². The van der Waals surface area contributed by atoms with Crippen LogP contribution in [-0.4, -0.2) is 19.3 Å². The van der Waals surface area contributed by atoms with E-state index < -0.39 is 17.6 Å². The number of alkyl halides is 3. The molecule has 0 aliphatic carbocycles. The van der Waals surface area contributed by atoms with Crippen LogP contribution in [0.4, 0.5) is 18.9 Å². The molecule has 0 aliphatic heterocycles. The molecular weight excluding hydrogens is 247 g/mol. The summed E-state index contributed by atoms with van der Waals surface area (Å²) in [5.74, 6) is -0.757. The van der Waals surface area contributed by atoms with Gasteiger partial charge in [0, 0.05) is 5.69 Å². The summed E-state index contributed by atoms with van der Waals surface area (Å²) in [6.45, 7) is 2.08. The lowest BCUT2D eigenvalue weighted by Crippen LogP contribution is -2.36. The van der Waals surface area contributed by atoms with Crippen molar-refractivity contribution in [1.29, 1.82) is 0 Å². The lowest BCUT2D eigenvalue weighted by atomic mass is 9.83. The molecule has 0 radical (unpaired) electrons. The minimum atomic E-state index is -4.42. The standard InChI is InChI=1S/C12H14F3NO2/c1-11(2,12(13,14)15)7-4-5-9(16)8(6-7)10(17)18-3/h4-6H,16H2,1-3H3. The van der Waals surface area contributed by atoms with E-state index in [4.69, 9.17) is 5.73 Å². The van der Waals surface area contributed by atoms with E-state index >= 15 is 0 Å². The van der Waals surface area contributed by atoms with E-state index in [1.165, 1.54) is 12.1 Å². The van der Waals surface area contributed by atoms with Crippen LogP contribution in [-0.2, 0) is 10.2 Å². The molecule has 0 amide bonds. The number of anilines is 1. The lowest BCUT2D eigenvalue weighted by Gasteiger charge is -2.28. The predicted octanol–water partition coefficient (Wildman–Crippen LogP) is 2.90. The monoisotopic (exact) mass is 261 g/mol. The third-order valence-electron chi connectivity index (χ3n) is 2.89. The number of esters is 1. The fraction of sp³-hybridized carbons (Fsp3) is 0.417. The number of carbonyl (C=O) groups is 1. The lowest BCUT2D eigenvalue weighted by molar-refractivity contribution is -0.180. The van der Waals surface area contributed by atoms with E-state index in [0.29, 0.717) is 0 Å². The summed E-state index contributed by atoms with van der Waals surface area (Å²) in [5, 5.41) is 0. The highest BCUT2D eigenvalue weighted by molar-refractivity contribution is 5.95. The van der Waals surface area contributed by atoms with Crippen LogP contribution in [0.1, 0.15) is 29.8 Å². The average Bonchev–Trinajstić information content (AvgIpc) is 2.26. The van der Waals surface area contributed by atoms with Gasteiger partial charge in [0.1, 0.15) is 0 Å². The van der Waals surface area contributed by atoms with Crippen molar-refractivity contribution in [3.63, 3.8) is 0 Å². The van der Waals surface area contributed by atoms with Crippen molar-refractivity contribution in [2.45, 2.75) is 25.4 Å². The topological polar surface area (TPSA) is 52.3 Å². The maximum Gasteiger partial charge on any atom is 0.397 e. The number of nitrogen functional groups attached to an aromatic ring is 1. The summed E-state index contributed by atoms with van der Waals surface area (Å²) in [6, 6.07) is 3.65. The highest BCUT2D eigenvalue weighted by Crippen LogP contribution is 2.41. The molecule has 1 aromatic rings. The number of benzene rings is 1. The van der Waals surface area contributed by atoms with Crippen molar-refractivity contribution in [1.82, 2.24) is 0 Å². The number of ether oxygens (including phenoxy) is 1. The summed E-state index contributed by atoms with van der Waals surface area (Å²) >= 11 is 0. The first kappa shape index (κ1) is 14.3. The van der Waals surface area contributed by atoms with E-state index in [-0.39, 0.29) is 16.8 Å². The zero-order valence-corrected chi connectivity index (χ0v) is 10.3. The van der Waals surface area contributed by atoms with Crippen molar-refractivity contribution >= 4 is 11.7 Å². The Bertz CT molecular complexity index is 467. The molecule has 0 bridgehead atoms. The number of nitrogens with two attached hydrogens (primary N) is 1. The Balaban J connectivity index is 3.33. The summed E-state index contributed by atoms with van der Waals surface area (Å²) in [7, 11) is 1.14. The number of rotatable bonds is 2. The number of halogens is 3. The fourth-order valence-corrected chi connectivity index (χ4v) is 1.40. The Morgan fingerprint density at radius 1 is 1.28 bits per heavy atom. The molecule has 6 heteroatoms. The maximum atomic E-state index is 12.9. The van der Waals surface area contributed by atoms with Gasteiger partial charge in [0.2, 0.25) is 0 Å². The van der Waals surface area contributed by atoms with E-state index in [1.807, 2.05) is 0 Å². The average molecular weight is 261 g/mol. The Morgan fingerprint density at radius 3 is 2.28 bits per heavy atom. The summed E-state index contributed by atoms with van der Waals surface area (Å²) in [5.41, 5.74) is 3.46. The van der Waals surface area contributed by atoms with Crippen molar-refractivity contribution in [3.8, 4) is 0 Å². The largest absolute Gasteiger partial charge is 0.465 e. The molecule has 1 aromatic carbocycles. The van der Waals surface area contributed by atoms with Crippen LogP contribution in [0.5, 0.6) is 0 Å².